The number of hydrogen-bond donors (Lipinski definition) is 1. The molecular formula is C14H20N2O3. The number of carboxylic acids is 1. The molecule has 0 radical (unpaired) electrons. The van der Waals surface area contributed by atoms with E-state index in [4.69, 9.17) is 5.11 Å². The summed E-state index contributed by atoms with van der Waals surface area (Å²) in [6.45, 7) is 1.24. The number of ketones is 1. The van der Waals surface area contributed by atoms with Gasteiger partial charge in [0, 0.05) is 18.8 Å². The van der Waals surface area contributed by atoms with Crippen LogP contribution in [-0.2, 0) is 16.0 Å². The lowest BCUT2D eigenvalue weighted by atomic mass is 10.0. The van der Waals surface area contributed by atoms with Gasteiger partial charge in [-0.25, -0.2) is 9.97 Å². The van der Waals surface area contributed by atoms with Crippen molar-refractivity contribution in [2.75, 3.05) is 0 Å². The Balaban J connectivity index is 0.000000224. The minimum absolute atomic E-state index is 0.312. The van der Waals surface area contributed by atoms with Crippen LogP contribution < -0.4 is 0 Å². The van der Waals surface area contributed by atoms with E-state index in [1.165, 1.54) is 32.6 Å². The molecule has 1 aromatic rings. The van der Waals surface area contributed by atoms with Gasteiger partial charge in [-0.1, -0.05) is 25.7 Å². The fourth-order valence-electron chi connectivity index (χ4n) is 2.12. The van der Waals surface area contributed by atoms with Crippen molar-refractivity contribution in [3.63, 3.8) is 0 Å². The number of Topliss-reactive ketones (excluding diaryl/α,β-unsaturated/α-hetero) is 1. The van der Waals surface area contributed by atoms with Gasteiger partial charge in [0.1, 0.15) is 18.0 Å². The van der Waals surface area contributed by atoms with Gasteiger partial charge in [0.15, 0.2) is 0 Å². The predicted octanol–water partition coefficient (Wildman–Crippen LogP) is 2.26. The summed E-state index contributed by atoms with van der Waals surface area (Å²) < 4.78 is 0. The lowest BCUT2D eigenvalue weighted by Crippen LogP contribution is -2.02. The van der Waals surface area contributed by atoms with E-state index in [1.807, 2.05) is 18.5 Å². The molecule has 104 valence electrons. The molecule has 1 fully saturated rings. The van der Waals surface area contributed by atoms with E-state index in [0.29, 0.717) is 0 Å². The quantitative estimate of drug-likeness (QED) is 0.844. The molecule has 1 aliphatic rings. The van der Waals surface area contributed by atoms with Crippen LogP contribution in [-0.4, -0.2) is 26.8 Å². The third-order valence-electron chi connectivity index (χ3n) is 2.97. The molecular weight excluding hydrogens is 244 g/mol. The minimum atomic E-state index is -1.06. The smallest absolute Gasteiger partial charge is 0.310 e. The van der Waals surface area contributed by atoms with Crippen LogP contribution in [0.5, 0.6) is 0 Å². The maximum absolute atomic E-state index is 9.87. The van der Waals surface area contributed by atoms with Crippen LogP contribution >= 0.6 is 0 Å². The Morgan fingerprint density at radius 1 is 1.26 bits per heavy atom. The van der Waals surface area contributed by atoms with Crippen LogP contribution in [0.4, 0.5) is 0 Å². The number of aliphatic carboxylic acids is 1. The van der Waals surface area contributed by atoms with Crippen molar-refractivity contribution in [1.29, 1.82) is 0 Å². The van der Waals surface area contributed by atoms with Gasteiger partial charge in [0.25, 0.3) is 0 Å². The van der Waals surface area contributed by atoms with Crippen molar-refractivity contribution < 1.29 is 14.7 Å². The first-order valence-electron chi connectivity index (χ1n) is 6.55. The normalized spacial score (nSPS) is 14.6. The Kier molecular flexibility index (Phi) is 6.71. The number of carbonyl (C=O) groups excluding carboxylic acids is 1. The van der Waals surface area contributed by atoms with Crippen LogP contribution in [0, 0.1) is 5.92 Å². The molecule has 1 aliphatic carbocycles. The van der Waals surface area contributed by atoms with Crippen LogP contribution in [0.2, 0.25) is 0 Å². The molecule has 0 aliphatic heterocycles. The molecule has 2 rings (SSSR count). The van der Waals surface area contributed by atoms with Gasteiger partial charge in [-0.3, -0.25) is 9.59 Å². The first kappa shape index (κ1) is 15.3. The Hall–Kier alpha value is -1.78. The maximum Gasteiger partial charge on any atom is 0.310 e. The lowest BCUT2D eigenvalue weighted by Gasteiger charge is -2.05. The van der Waals surface area contributed by atoms with E-state index in [9.17, 15) is 9.59 Å². The molecule has 5 heteroatoms. The molecule has 0 aromatic carbocycles. The topological polar surface area (TPSA) is 80.2 Å². The molecule has 1 N–H and O–H groups in total. The van der Waals surface area contributed by atoms with Crippen molar-refractivity contribution in [2.45, 2.75) is 45.4 Å². The molecule has 0 saturated heterocycles. The highest BCUT2D eigenvalue weighted by atomic mass is 16.4. The highest BCUT2D eigenvalue weighted by Gasteiger charge is 2.15. The SMILES string of the molecule is CC(=O)CC(=O)O.c1cnc(CC2CCCC2)nc1. The summed E-state index contributed by atoms with van der Waals surface area (Å²) in [6.07, 6.45) is 9.93. The van der Waals surface area contributed by atoms with Gasteiger partial charge in [0.05, 0.1) is 0 Å². The van der Waals surface area contributed by atoms with Gasteiger partial charge in [-0.15, -0.1) is 0 Å². The van der Waals surface area contributed by atoms with Crippen molar-refractivity contribution in [3.05, 3.63) is 24.3 Å². The summed E-state index contributed by atoms with van der Waals surface area (Å²) in [6, 6.07) is 1.87. The minimum Gasteiger partial charge on any atom is -0.481 e. The Morgan fingerprint density at radius 3 is 2.26 bits per heavy atom. The zero-order valence-corrected chi connectivity index (χ0v) is 11.2. The molecule has 0 amide bonds. The van der Waals surface area contributed by atoms with Crippen molar-refractivity contribution >= 4 is 11.8 Å². The number of aromatic nitrogens is 2. The molecule has 1 aromatic heterocycles. The van der Waals surface area contributed by atoms with E-state index in [0.717, 1.165) is 18.2 Å². The molecule has 19 heavy (non-hydrogen) atoms. The van der Waals surface area contributed by atoms with E-state index in [1.54, 1.807) is 0 Å². The molecule has 0 bridgehead atoms. The Labute approximate surface area is 113 Å². The van der Waals surface area contributed by atoms with Crippen molar-refractivity contribution in [3.8, 4) is 0 Å². The fourth-order valence-corrected chi connectivity index (χ4v) is 2.12. The second kappa shape index (κ2) is 8.34. The number of rotatable bonds is 4. The monoisotopic (exact) mass is 264 g/mol. The predicted molar refractivity (Wildman–Crippen MR) is 70.6 cm³/mol. The third-order valence-corrected chi connectivity index (χ3v) is 2.97. The van der Waals surface area contributed by atoms with E-state index in [2.05, 4.69) is 9.97 Å². The molecule has 0 atom stereocenters. The zero-order valence-electron chi connectivity index (χ0n) is 11.2. The standard InChI is InChI=1S/C10H14N2.C4H6O3/c1-2-5-9(4-1)8-10-11-6-3-7-12-10;1-3(5)2-4(6)7/h3,6-7,9H,1-2,4-5,8H2;2H2,1H3,(H,6,7). The zero-order chi connectivity index (χ0) is 14.1. The fraction of sp³-hybridized carbons (Fsp3) is 0.571. The highest BCUT2D eigenvalue weighted by Crippen LogP contribution is 2.26. The van der Waals surface area contributed by atoms with Gasteiger partial charge in [0.2, 0.25) is 0 Å². The lowest BCUT2D eigenvalue weighted by molar-refractivity contribution is -0.139. The average Bonchev–Trinajstić information content (AvgIpc) is 2.82. The van der Waals surface area contributed by atoms with Crippen LogP contribution in [0.15, 0.2) is 18.5 Å². The van der Waals surface area contributed by atoms with E-state index in [-0.39, 0.29) is 12.2 Å². The third kappa shape index (κ3) is 7.28. The number of hydrogen-bond acceptors (Lipinski definition) is 4. The largest absolute Gasteiger partial charge is 0.481 e. The summed E-state index contributed by atoms with van der Waals surface area (Å²) in [5.41, 5.74) is 0. The summed E-state index contributed by atoms with van der Waals surface area (Å²) in [7, 11) is 0. The van der Waals surface area contributed by atoms with Gasteiger partial charge >= 0.3 is 5.97 Å². The molecule has 1 saturated carbocycles. The second-order valence-corrected chi connectivity index (χ2v) is 4.79. The summed E-state index contributed by atoms with van der Waals surface area (Å²) in [4.78, 5) is 27.9. The molecule has 0 unspecified atom stereocenters. The number of carbonyl (C=O) groups is 2. The van der Waals surface area contributed by atoms with Crippen LogP contribution in [0.3, 0.4) is 0 Å². The van der Waals surface area contributed by atoms with E-state index >= 15 is 0 Å². The highest BCUT2D eigenvalue weighted by molar-refractivity contribution is 5.93. The van der Waals surface area contributed by atoms with Crippen molar-refractivity contribution in [1.82, 2.24) is 9.97 Å². The van der Waals surface area contributed by atoms with E-state index < -0.39 is 5.97 Å². The van der Waals surface area contributed by atoms with Crippen LogP contribution in [0.1, 0.15) is 44.9 Å². The number of nitrogens with zero attached hydrogens (tertiary/aromatic N) is 2. The van der Waals surface area contributed by atoms with Gasteiger partial charge < -0.3 is 5.11 Å². The first-order valence-corrected chi connectivity index (χ1v) is 6.55. The number of carboxylic acid groups (broad SMARTS) is 1. The second-order valence-electron chi connectivity index (χ2n) is 4.79. The first-order chi connectivity index (χ1) is 9.08. The van der Waals surface area contributed by atoms with Crippen LogP contribution in [0.25, 0.3) is 0 Å². The molecule has 0 spiro atoms. The average molecular weight is 264 g/mol. The summed E-state index contributed by atoms with van der Waals surface area (Å²) in [5.74, 6) is 0.497. The maximum atomic E-state index is 9.87. The summed E-state index contributed by atoms with van der Waals surface area (Å²) >= 11 is 0. The van der Waals surface area contributed by atoms with Gasteiger partial charge in [-0.05, 0) is 18.9 Å². The molecule has 1 heterocycles. The summed E-state index contributed by atoms with van der Waals surface area (Å²) in [5, 5.41) is 7.86. The molecule has 5 nitrogen and oxygen atoms in total. The Morgan fingerprint density at radius 2 is 1.84 bits per heavy atom. The van der Waals surface area contributed by atoms with Crippen molar-refractivity contribution in [2.24, 2.45) is 5.92 Å². The Bertz CT molecular complexity index is 388. The van der Waals surface area contributed by atoms with Gasteiger partial charge in [-0.2, -0.15) is 0 Å².